The lowest BCUT2D eigenvalue weighted by Gasteiger charge is -2.01. The summed E-state index contributed by atoms with van der Waals surface area (Å²) in [6.45, 7) is 3.92. The van der Waals surface area contributed by atoms with Crippen molar-refractivity contribution in [2.45, 2.75) is 19.2 Å². The van der Waals surface area contributed by atoms with Crippen LogP contribution in [0.1, 0.15) is 19.5 Å². The van der Waals surface area contributed by atoms with Gasteiger partial charge in [-0.1, -0.05) is 5.57 Å². The van der Waals surface area contributed by atoms with E-state index >= 15 is 0 Å². The van der Waals surface area contributed by atoms with Gasteiger partial charge in [-0.3, -0.25) is 0 Å². The van der Waals surface area contributed by atoms with Crippen LogP contribution in [0, 0.1) is 0 Å². The molecule has 64 valence electrons. The number of alkyl halides is 1. The number of nitrogens with zero attached hydrogens (tertiary/aromatic N) is 2. The van der Waals surface area contributed by atoms with E-state index in [9.17, 15) is 0 Å². The first kappa shape index (κ1) is 9.20. The number of halogens is 1. The Kier molecular flexibility index (Phi) is 3.23. The van der Waals surface area contributed by atoms with Crippen LogP contribution in [0.25, 0.3) is 6.08 Å². The fraction of sp³-hybridized carbons (Fsp3) is 0.333. The van der Waals surface area contributed by atoms with Crippen LogP contribution < -0.4 is 0 Å². The first-order valence-electron chi connectivity index (χ1n) is 3.78. The number of hydrogen-bond acceptors (Lipinski definition) is 2. The van der Waals surface area contributed by atoms with Crippen LogP contribution in [0.4, 0.5) is 0 Å². The van der Waals surface area contributed by atoms with Gasteiger partial charge in [0.1, 0.15) is 6.33 Å². The third kappa shape index (κ3) is 2.62. The lowest BCUT2D eigenvalue weighted by Crippen LogP contribution is -1.92. The molecule has 0 aromatic carbocycles. The third-order valence-corrected chi connectivity index (χ3v) is 1.95. The van der Waals surface area contributed by atoms with E-state index in [-0.39, 0.29) is 5.38 Å². The van der Waals surface area contributed by atoms with Gasteiger partial charge in [-0.15, -0.1) is 11.6 Å². The summed E-state index contributed by atoms with van der Waals surface area (Å²) in [7, 11) is 0. The predicted octanol–water partition coefficient (Wildman–Crippen LogP) is 2.51. The minimum Gasteiger partial charge on any atom is -0.245 e. The average molecular weight is 183 g/mol. The minimum atomic E-state index is 0.0555. The Bertz CT molecular complexity index is 267. The van der Waals surface area contributed by atoms with Crippen LogP contribution in [0.3, 0.4) is 0 Å². The minimum absolute atomic E-state index is 0.0555. The van der Waals surface area contributed by atoms with E-state index in [4.69, 9.17) is 11.6 Å². The number of aromatic nitrogens is 2. The quantitative estimate of drug-likeness (QED) is 0.657. The van der Waals surface area contributed by atoms with Crippen molar-refractivity contribution in [1.29, 1.82) is 0 Å². The van der Waals surface area contributed by atoms with E-state index in [0.29, 0.717) is 0 Å². The fourth-order valence-corrected chi connectivity index (χ4v) is 0.797. The summed E-state index contributed by atoms with van der Waals surface area (Å²) in [5.41, 5.74) is 2.00. The Morgan fingerprint density at radius 3 is 2.92 bits per heavy atom. The molecule has 0 spiro atoms. The summed E-state index contributed by atoms with van der Waals surface area (Å²) in [4.78, 5) is 7.88. The normalized spacial score (nSPS) is 14.4. The van der Waals surface area contributed by atoms with Crippen LogP contribution in [0.15, 0.2) is 24.2 Å². The molecule has 0 aliphatic rings. The highest BCUT2D eigenvalue weighted by Crippen LogP contribution is 2.11. The zero-order valence-corrected chi connectivity index (χ0v) is 7.92. The second-order valence-electron chi connectivity index (χ2n) is 2.64. The molecule has 0 aliphatic heterocycles. The molecule has 1 heterocycles. The summed E-state index contributed by atoms with van der Waals surface area (Å²) in [5.74, 6) is 0. The summed E-state index contributed by atoms with van der Waals surface area (Å²) in [5, 5.41) is 0.0555. The standard InChI is InChI=1S/C9H11ClN2/c1-7(8(2)10)5-9-3-4-11-6-12-9/h3-6,8H,1-2H3/b7-5+. The molecule has 0 saturated heterocycles. The molecule has 1 atom stereocenters. The van der Waals surface area contributed by atoms with Gasteiger partial charge < -0.3 is 0 Å². The van der Waals surface area contributed by atoms with Gasteiger partial charge in [0, 0.05) is 6.20 Å². The smallest absolute Gasteiger partial charge is 0.115 e. The molecule has 1 aromatic heterocycles. The van der Waals surface area contributed by atoms with Crippen molar-refractivity contribution in [2.24, 2.45) is 0 Å². The maximum atomic E-state index is 5.87. The van der Waals surface area contributed by atoms with Crippen molar-refractivity contribution in [2.75, 3.05) is 0 Å². The Morgan fingerprint density at radius 1 is 1.67 bits per heavy atom. The average Bonchev–Trinajstić information content (AvgIpc) is 2.06. The topological polar surface area (TPSA) is 25.8 Å². The summed E-state index contributed by atoms with van der Waals surface area (Å²) in [6.07, 6.45) is 5.20. The van der Waals surface area contributed by atoms with Gasteiger partial charge in [0.05, 0.1) is 11.1 Å². The van der Waals surface area contributed by atoms with Gasteiger partial charge in [-0.25, -0.2) is 9.97 Å². The largest absolute Gasteiger partial charge is 0.245 e. The SMILES string of the molecule is C/C(=C\c1ccncn1)C(C)Cl. The third-order valence-electron chi connectivity index (χ3n) is 1.61. The van der Waals surface area contributed by atoms with Crippen molar-refractivity contribution < 1.29 is 0 Å². The number of allylic oxidation sites excluding steroid dienone is 1. The van der Waals surface area contributed by atoms with Gasteiger partial charge in [0.25, 0.3) is 0 Å². The van der Waals surface area contributed by atoms with Crippen LogP contribution in [-0.2, 0) is 0 Å². The molecule has 12 heavy (non-hydrogen) atoms. The molecular formula is C9H11ClN2. The summed E-state index contributed by atoms with van der Waals surface area (Å²) >= 11 is 5.87. The van der Waals surface area contributed by atoms with Gasteiger partial charge in [0.15, 0.2) is 0 Å². The predicted molar refractivity (Wildman–Crippen MR) is 51.0 cm³/mol. The number of rotatable bonds is 2. The molecule has 0 bridgehead atoms. The molecule has 0 saturated carbocycles. The summed E-state index contributed by atoms with van der Waals surface area (Å²) in [6, 6.07) is 1.85. The van der Waals surface area contributed by atoms with Gasteiger partial charge in [0.2, 0.25) is 0 Å². The second-order valence-corrected chi connectivity index (χ2v) is 3.29. The van der Waals surface area contributed by atoms with E-state index in [2.05, 4.69) is 9.97 Å². The maximum absolute atomic E-state index is 5.87. The van der Waals surface area contributed by atoms with Crippen molar-refractivity contribution in [3.63, 3.8) is 0 Å². The highest BCUT2D eigenvalue weighted by molar-refractivity contribution is 6.22. The molecule has 1 unspecified atom stereocenters. The first-order valence-corrected chi connectivity index (χ1v) is 4.22. The molecule has 3 heteroatoms. The molecule has 1 aromatic rings. The van der Waals surface area contributed by atoms with Gasteiger partial charge in [-0.05, 0) is 26.0 Å². The van der Waals surface area contributed by atoms with Crippen LogP contribution in [0.2, 0.25) is 0 Å². The fourth-order valence-electron chi connectivity index (χ4n) is 0.734. The van der Waals surface area contributed by atoms with E-state index in [1.54, 1.807) is 6.20 Å². The Hall–Kier alpha value is -0.890. The zero-order valence-electron chi connectivity index (χ0n) is 7.16. The lowest BCUT2D eigenvalue weighted by atomic mass is 10.2. The maximum Gasteiger partial charge on any atom is 0.115 e. The molecule has 1 rings (SSSR count). The Balaban J connectivity index is 2.81. The number of hydrogen-bond donors (Lipinski definition) is 0. The van der Waals surface area contributed by atoms with E-state index in [1.165, 1.54) is 6.33 Å². The Morgan fingerprint density at radius 2 is 2.42 bits per heavy atom. The van der Waals surface area contributed by atoms with Crippen molar-refractivity contribution in [1.82, 2.24) is 9.97 Å². The molecule has 0 fully saturated rings. The monoisotopic (exact) mass is 182 g/mol. The molecule has 0 N–H and O–H groups in total. The molecule has 0 radical (unpaired) electrons. The summed E-state index contributed by atoms with van der Waals surface area (Å²) < 4.78 is 0. The van der Waals surface area contributed by atoms with Crippen molar-refractivity contribution in [3.05, 3.63) is 29.9 Å². The first-order chi connectivity index (χ1) is 5.70. The van der Waals surface area contributed by atoms with E-state index in [0.717, 1.165) is 11.3 Å². The van der Waals surface area contributed by atoms with E-state index in [1.807, 2.05) is 26.0 Å². The van der Waals surface area contributed by atoms with Gasteiger partial charge >= 0.3 is 0 Å². The van der Waals surface area contributed by atoms with Crippen molar-refractivity contribution >= 4 is 17.7 Å². The highest BCUT2D eigenvalue weighted by atomic mass is 35.5. The van der Waals surface area contributed by atoms with Crippen LogP contribution in [0.5, 0.6) is 0 Å². The molecule has 2 nitrogen and oxygen atoms in total. The van der Waals surface area contributed by atoms with Gasteiger partial charge in [-0.2, -0.15) is 0 Å². The van der Waals surface area contributed by atoms with E-state index < -0.39 is 0 Å². The highest BCUT2D eigenvalue weighted by Gasteiger charge is 1.98. The lowest BCUT2D eigenvalue weighted by molar-refractivity contribution is 1.10. The van der Waals surface area contributed by atoms with Crippen LogP contribution >= 0.6 is 11.6 Å². The Labute approximate surface area is 77.3 Å². The zero-order chi connectivity index (χ0) is 8.97. The molecular weight excluding hydrogens is 172 g/mol. The molecule has 0 aliphatic carbocycles. The van der Waals surface area contributed by atoms with Crippen molar-refractivity contribution in [3.8, 4) is 0 Å². The molecule has 0 amide bonds. The van der Waals surface area contributed by atoms with Crippen LogP contribution in [-0.4, -0.2) is 15.3 Å². The second kappa shape index (κ2) is 4.21.